The molecule has 0 atom stereocenters. The van der Waals surface area contributed by atoms with Crippen LogP contribution in [0.15, 0.2) is 24.5 Å². The molecule has 3 amide bonds. The molecule has 7 heteroatoms. The second-order valence-corrected chi connectivity index (χ2v) is 4.95. The molecule has 0 spiro atoms. The number of rotatable bonds is 5. The molecule has 7 nitrogen and oxygen atoms in total. The predicted octanol–water partition coefficient (Wildman–Crippen LogP) is 0.908. The number of nitrogens with one attached hydrogen (secondary N) is 2. The number of imide groups is 1. The zero-order valence-electron chi connectivity index (χ0n) is 11.3. The van der Waals surface area contributed by atoms with E-state index >= 15 is 0 Å². The number of carboxylic acids is 1. The molecule has 0 radical (unpaired) electrons. The molecule has 1 rings (SSSR count). The predicted molar refractivity (Wildman–Crippen MR) is 70.6 cm³/mol. The van der Waals surface area contributed by atoms with Gasteiger partial charge in [0.2, 0.25) is 5.91 Å². The van der Waals surface area contributed by atoms with E-state index in [1.165, 1.54) is 13.8 Å². The summed E-state index contributed by atoms with van der Waals surface area (Å²) in [5, 5.41) is 13.5. The summed E-state index contributed by atoms with van der Waals surface area (Å²) in [4.78, 5) is 37.7. The van der Waals surface area contributed by atoms with Crippen LogP contribution in [0.5, 0.6) is 0 Å². The molecule has 20 heavy (non-hydrogen) atoms. The summed E-state index contributed by atoms with van der Waals surface area (Å²) in [7, 11) is 0. The van der Waals surface area contributed by atoms with E-state index in [9.17, 15) is 14.4 Å². The molecule has 0 bridgehead atoms. The average molecular weight is 279 g/mol. The Hall–Kier alpha value is -2.44. The van der Waals surface area contributed by atoms with Crippen molar-refractivity contribution in [2.24, 2.45) is 5.41 Å². The molecule has 0 aliphatic heterocycles. The zero-order valence-corrected chi connectivity index (χ0v) is 11.3. The van der Waals surface area contributed by atoms with Crippen molar-refractivity contribution in [3.8, 4) is 0 Å². The number of pyridine rings is 1. The standard InChI is InChI=1S/C13H17N3O4/c1-13(2,11(18)19)7-10(17)16-12(20)15-8-9-3-5-14-6-4-9/h3-6H,7-8H2,1-2H3,(H,18,19)(H2,15,16,17,20). The third-order valence-electron chi connectivity index (χ3n) is 2.64. The van der Waals surface area contributed by atoms with Crippen molar-refractivity contribution in [1.82, 2.24) is 15.6 Å². The number of nitrogens with zero attached hydrogens (tertiary/aromatic N) is 1. The number of carboxylic acid groups (broad SMARTS) is 1. The van der Waals surface area contributed by atoms with Crippen molar-refractivity contribution in [2.45, 2.75) is 26.8 Å². The van der Waals surface area contributed by atoms with Gasteiger partial charge in [-0.3, -0.25) is 19.9 Å². The van der Waals surface area contributed by atoms with Gasteiger partial charge < -0.3 is 10.4 Å². The number of hydrogen-bond donors (Lipinski definition) is 3. The van der Waals surface area contributed by atoms with Crippen LogP contribution in [0.3, 0.4) is 0 Å². The number of aliphatic carboxylic acids is 1. The van der Waals surface area contributed by atoms with E-state index < -0.39 is 23.3 Å². The summed E-state index contributed by atoms with van der Waals surface area (Å²) in [6.07, 6.45) is 2.91. The largest absolute Gasteiger partial charge is 0.481 e. The molecule has 1 heterocycles. The topological polar surface area (TPSA) is 108 Å². The molecule has 0 aromatic carbocycles. The van der Waals surface area contributed by atoms with Gasteiger partial charge in [-0.25, -0.2) is 4.79 Å². The third kappa shape index (κ3) is 5.05. The van der Waals surface area contributed by atoms with E-state index in [1.54, 1.807) is 24.5 Å². The Kier molecular flexibility index (Phi) is 5.19. The van der Waals surface area contributed by atoms with Crippen molar-refractivity contribution >= 4 is 17.9 Å². The molecule has 1 aromatic heterocycles. The van der Waals surface area contributed by atoms with Gasteiger partial charge in [0, 0.05) is 25.4 Å². The molecule has 3 N–H and O–H groups in total. The van der Waals surface area contributed by atoms with Gasteiger partial charge in [-0.15, -0.1) is 0 Å². The summed E-state index contributed by atoms with van der Waals surface area (Å²) >= 11 is 0. The van der Waals surface area contributed by atoms with Gasteiger partial charge in [0.15, 0.2) is 0 Å². The van der Waals surface area contributed by atoms with E-state index in [0.29, 0.717) is 0 Å². The van der Waals surface area contributed by atoms with Gasteiger partial charge in [0.25, 0.3) is 0 Å². The summed E-state index contributed by atoms with van der Waals surface area (Å²) in [5.74, 6) is -1.73. The van der Waals surface area contributed by atoms with Crippen LogP contribution in [0.25, 0.3) is 0 Å². The van der Waals surface area contributed by atoms with Crippen LogP contribution in [0.4, 0.5) is 4.79 Å². The van der Waals surface area contributed by atoms with Crippen LogP contribution < -0.4 is 10.6 Å². The Morgan fingerprint density at radius 2 is 1.85 bits per heavy atom. The van der Waals surface area contributed by atoms with E-state index in [2.05, 4.69) is 15.6 Å². The van der Waals surface area contributed by atoms with E-state index in [-0.39, 0.29) is 13.0 Å². The first kappa shape index (κ1) is 15.6. The second-order valence-electron chi connectivity index (χ2n) is 4.95. The number of carbonyl (C=O) groups excluding carboxylic acids is 2. The summed E-state index contributed by atoms with van der Waals surface area (Å²) in [5.41, 5.74) is -0.372. The fourth-order valence-electron chi connectivity index (χ4n) is 1.38. The summed E-state index contributed by atoms with van der Waals surface area (Å²) in [6, 6.07) is 2.80. The Bertz CT molecular complexity index is 500. The molecular formula is C13H17N3O4. The minimum absolute atomic E-state index is 0.254. The van der Waals surface area contributed by atoms with E-state index in [4.69, 9.17) is 5.11 Å². The highest BCUT2D eigenvalue weighted by atomic mass is 16.4. The van der Waals surface area contributed by atoms with Gasteiger partial charge in [-0.05, 0) is 31.5 Å². The fraction of sp³-hybridized carbons (Fsp3) is 0.385. The van der Waals surface area contributed by atoms with Gasteiger partial charge in [-0.2, -0.15) is 0 Å². The molecule has 0 unspecified atom stereocenters. The molecule has 1 aromatic rings. The van der Waals surface area contributed by atoms with Crippen molar-refractivity contribution in [1.29, 1.82) is 0 Å². The fourth-order valence-corrected chi connectivity index (χ4v) is 1.38. The lowest BCUT2D eigenvalue weighted by Gasteiger charge is -2.17. The van der Waals surface area contributed by atoms with Crippen LogP contribution in [0, 0.1) is 5.41 Å². The molecule has 108 valence electrons. The number of carbonyl (C=O) groups is 3. The first-order valence-electron chi connectivity index (χ1n) is 6.01. The first-order valence-corrected chi connectivity index (χ1v) is 6.01. The lowest BCUT2D eigenvalue weighted by atomic mass is 9.89. The lowest BCUT2D eigenvalue weighted by molar-refractivity contribution is -0.149. The third-order valence-corrected chi connectivity index (χ3v) is 2.64. The number of urea groups is 1. The summed E-state index contributed by atoms with van der Waals surface area (Å²) < 4.78 is 0. The van der Waals surface area contributed by atoms with Crippen molar-refractivity contribution in [3.63, 3.8) is 0 Å². The maximum Gasteiger partial charge on any atom is 0.321 e. The smallest absolute Gasteiger partial charge is 0.321 e. The van der Waals surface area contributed by atoms with Crippen LogP contribution in [0.1, 0.15) is 25.8 Å². The summed E-state index contributed by atoms with van der Waals surface area (Å²) in [6.45, 7) is 3.09. The van der Waals surface area contributed by atoms with Crippen molar-refractivity contribution < 1.29 is 19.5 Å². The Morgan fingerprint density at radius 3 is 2.40 bits per heavy atom. The van der Waals surface area contributed by atoms with Gasteiger partial charge in [0.05, 0.1) is 5.41 Å². The van der Waals surface area contributed by atoms with Crippen LogP contribution in [-0.2, 0) is 16.1 Å². The van der Waals surface area contributed by atoms with Crippen molar-refractivity contribution in [2.75, 3.05) is 0 Å². The maximum absolute atomic E-state index is 11.5. The Morgan fingerprint density at radius 1 is 1.25 bits per heavy atom. The molecule has 0 saturated heterocycles. The number of aromatic nitrogens is 1. The Balaban J connectivity index is 2.39. The normalized spacial score (nSPS) is 10.7. The molecule has 0 saturated carbocycles. The first-order chi connectivity index (χ1) is 9.31. The number of hydrogen-bond acceptors (Lipinski definition) is 4. The quantitative estimate of drug-likeness (QED) is 0.742. The SMILES string of the molecule is CC(C)(CC(=O)NC(=O)NCc1ccncc1)C(=O)O. The minimum Gasteiger partial charge on any atom is -0.481 e. The molecule has 0 aliphatic rings. The highest BCUT2D eigenvalue weighted by Crippen LogP contribution is 2.19. The highest BCUT2D eigenvalue weighted by Gasteiger charge is 2.30. The van der Waals surface area contributed by atoms with Gasteiger partial charge in [0.1, 0.15) is 0 Å². The molecule has 0 aliphatic carbocycles. The number of amides is 3. The van der Waals surface area contributed by atoms with Crippen molar-refractivity contribution in [3.05, 3.63) is 30.1 Å². The lowest BCUT2D eigenvalue weighted by Crippen LogP contribution is -2.41. The second kappa shape index (κ2) is 6.65. The minimum atomic E-state index is -1.21. The van der Waals surface area contributed by atoms with Crippen LogP contribution >= 0.6 is 0 Å². The van der Waals surface area contributed by atoms with Crippen LogP contribution in [-0.4, -0.2) is 28.0 Å². The monoisotopic (exact) mass is 279 g/mol. The van der Waals surface area contributed by atoms with Crippen LogP contribution in [0.2, 0.25) is 0 Å². The van der Waals surface area contributed by atoms with E-state index in [0.717, 1.165) is 5.56 Å². The molecule has 0 fully saturated rings. The highest BCUT2D eigenvalue weighted by molar-refractivity contribution is 5.96. The van der Waals surface area contributed by atoms with E-state index in [1.807, 2.05) is 0 Å². The van der Waals surface area contributed by atoms with Gasteiger partial charge >= 0.3 is 12.0 Å². The zero-order chi connectivity index (χ0) is 15.2. The Labute approximate surface area is 116 Å². The van der Waals surface area contributed by atoms with Gasteiger partial charge in [-0.1, -0.05) is 0 Å². The average Bonchev–Trinajstić information content (AvgIpc) is 2.36. The molecular weight excluding hydrogens is 262 g/mol. The maximum atomic E-state index is 11.5.